The minimum atomic E-state index is -4.78. The Kier molecular flexibility index (Phi) is 7.95. The summed E-state index contributed by atoms with van der Waals surface area (Å²) in [6.45, 7) is 1.13. The summed E-state index contributed by atoms with van der Waals surface area (Å²) in [4.78, 5) is 12.7. The number of nitrogens with zero attached hydrogens (tertiary/aromatic N) is 1. The lowest BCUT2D eigenvalue weighted by molar-refractivity contribution is -0.137. The van der Waals surface area contributed by atoms with Crippen LogP contribution in [0.25, 0.3) is 0 Å². The van der Waals surface area contributed by atoms with Crippen LogP contribution in [0, 0.1) is 6.92 Å². The second-order valence-corrected chi connectivity index (χ2v) is 10.5. The van der Waals surface area contributed by atoms with E-state index in [1.165, 1.54) is 18.2 Å². The molecule has 0 aromatic heterocycles. The first-order chi connectivity index (χ1) is 15.5. The molecule has 1 fully saturated rings. The van der Waals surface area contributed by atoms with E-state index < -0.39 is 39.2 Å². The van der Waals surface area contributed by atoms with Crippen molar-refractivity contribution in [3.05, 3.63) is 58.6 Å². The topological polar surface area (TPSA) is 66.5 Å². The molecule has 0 heterocycles. The maximum absolute atomic E-state index is 13.4. The first-order valence-corrected chi connectivity index (χ1v) is 12.6. The van der Waals surface area contributed by atoms with Gasteiger partial charge in [-0.25, -0.2) is 8.42 Å². The van der Waals surface area contributed by atoms with Crippen LogP contribution in [0.1, 0.15) is 49.7 Å². The lowest BCUT2D eigenvalue weighted by atomic mass is 10.1. The Morgan fingerprint density at radius 3 is 2.24 bits per heavy atom. The summed E-state index contributed by atoms with van der Waals surface area (Å²) in [5.74, 6) is -0.568. The molecule has 180 valence electrons. The molecule has 0 unspecified atom stereocenters. The average molecular weight is 503 g/mol. The maximum Gasteiger partial charge on any atom is 0.417 e. The molecule has 1 N–H and O–H groups in total. The third-order valence-electron chi connectivity index (χ3n) is 5.66. The average Bonchev–Trinajstić information content (AvgIpc) is 3.00. The van der Waals surface area contributed by atoms with Crippen molar-refractivity contribution in [2.75, 3.05) is 10.8 Å². The summed E-state index contributed by atoms with van der Waals surface area (Å²) in [6, 6.07) is 8.62. The number of aryl methyl sites for hydroxylation is 1. The number of benzene rings is 2. The molecule has 1 amide bonds. The highest BCUT2D eigenvalue weighted by atomic mass is 35.5. The molecule has 1 saturated carbocycles. The van der Waals surface area contributed by atoms with Crippen LogP contribution in [-0.4, -0.2) is 26.9 Å². The van der Waals surface area contributed by atoms with Crippen LogP contribution in [0.2, 0.25) is 5.02 Å². The van der Waals surface area contributed by atoms with E-state index in [-0.39, 0.29) is 16.6 Å². The monoisotopic (exact) mass is 502 g/mol. The van der Waals surface area contributed by atoms with Crippen LogP contribution in [0.15, 0.2) is 47.4 Å². The molecule has 1 aliphatic carbocycles. The number of hydrogen-bond acceptors (Lipinski definition) is 3. The van der Waals surface area contributed by atoms with E-state index in [1.807, 2.05) is 0 Å². The van der Waals surface area contributed by atoms with Crippen LogP contribution in [0.5, 0.6) is 0 Å². The van der Waals surface area contributed by atoms with Gasteiger partial charge in [-0.2, -0.15) is 13.2 Å². The van der Waals surface area contributed by atoms with Gasteiger partial charge in [0, 0.05) is 6.04 Å². The Labute approximate surface area is 197 Å². The normalized spacial score (nSPS) is 15.7. The number of rotatable bonds is 6. The second kappa shape index (κ2) is 10.3. The van der Waals surface area contributed by atoms with Crippen LogP contribution < -0.4 is 9.62 Å². The molecule has 1 aliphatic rings. The molecule has 0 radical (unpaired) electrons. The number of anilines is 1. The van der Waals surface area contributed by atoms with E-state index in [4.69, 9.17) is 11.6 Å². The van der Waals surface area contributed by atoms with Gasteiger partial charge in [0.2, 0.25) is 5.91 Å². The molecule has 0 spiro atoms. The number of hydrogen-bond donors (Lipinski definition) is 1. The van der Waals surface area contributed by atoms with Crippen molar-refractivity contribution in [3.8, 4) is 0 Å². The summed E-state index contributed by atoms with van der Waals surface area (Å²) in [7, 11) is -4.33. The van der Waals surface area contributed by atoms with E-state index in [2.05, 4.69) is 5.32 Å². The van der Waals surface area contributed by atoms with Crippen molar-refractivity contribution in [2.45, 2.75) is 62.6 Å². The molecule has 33 heavy (non-hydrogen) atoms. The summed E-state index contributed by atoms with van der Waals surface area (Å²) in [5, 5.41) is 2.30. The minimum Gasteiger partial charge on any atom is -0.352 e. The third kappa shape index (κ3) is 6.41. The predicted octanol–water partition coefficient (Wildman–Crippen LogP) is 5.70. The highest BCUT2D eigenvalue weighted by molar-refractivity contribution is 7.92. The molecule has 0 atom stereocenters. The van der Waals surface area contributed by atoms with Crippen LogP contribution in [-0.2, 0) is 21.0 Å². The smallest absolute Gasteiger partial charge is 0.352 e. The SMILES string of the molecule is Cc1ccc(S(=O)(=O)N(CC(=O)NC2CCCCCC2)c2ccc(Cl)c(C(F)(F)F)c2)cc1. The fourth-order valence-electron chi connectivity index (χ4n) is 3.87. The molecule has 10 heteroatoms. The van der Waals surface area contributed by atoms with E-state index in [0.717, 1.165) is 50.2 Å². The summed E-state index contributed by atoms with van der Waals surface area (Å²) in [6.07, 6.45) is 0.863. The molecule has 5 nitrogen and oxygen atoms in total. The first-order valence-electron chi connectivity index (χ1n) is 10.7. The van der Waals surface area contributed by atoms with Gasteiger partial charge in [-0.1, -0.05) is 55.0 Å². The third-order valence-corrected chi connectivity index (χ3v) is 7.78. The van der Waals surface area contributed by atoms with Gasteiger partial charge in [-0.05, 0) is 50.1 Å². The highest BCUT2D eigenvalue weighted by Crippen LogP contribution is 2.38. The Morgan fingerprint density at radius 2 is 1.67 bits per heavy atom. The lowest BCUT2D eigenvalue weighted by Gasteiger charge is -2.26. The molecule has 0 saturated heterocycles. The highest BCUT2D eigenvalue weighted by Gasteiger charge is 2.35. The van der Waals surface area contributed by atoms with E-state index in [1.54, 1.807) is 19.1 Å². The predicted molar refractivity (Wildman–Crippen MR) is 122 cm³/mol. The lowest BCUT2D eigenvalue weighted by Crippen LogP contribution is -2.44. The zero-order chi connectivity index (χ0) is 24.2. The van der Waals surface area contributed by atoms with Crippen LogP contribution in [0.4, 0.5) is 18.9 Å². The fourth-order valence-corrected chi connectivity index (χ4v) is 5.50. The Bertz CT molecular complexity index is 1080. The Hall–Kier alpha value is -2.26. The van der Waals surface area contributed by atoms with Crippen molar-refractivity contribution < 1.29 is 26.4 Å². The van der Waals surface area contributed by atoms with Gasteiger partial charge in [0.15, 0.2) is 0 Å². The maximum atomic E-state index is 13.4. The van der Waals surface area contributed by atoms with Gasteiger partial charge in [-0.15, -0.1) is 0 Å². The number of sulfonamides is 1. The van der Waals surface area contributed by atoms with E-state index in [9.17, 15) is 26.4 Å². The number of amides is 1. The molecule has 0 bridgehead atoms. The van der Waals surface area contributed by atoms with Gasteiger partial charge in [0.1, 0.15) is 6.54 Å². The summed E-state index contributed by atoms with van der Waals surface area (Å²) < 4.78 is 67.8. The van der Waals surface area contributed by atoms with E-state index >= 15 is 0 Å². The van der Waals surface area contributed by atoms with Gasteiger partial charge >= 0.3 is 6.18 Å². The minimum absolute atomic E-state index is 0.0834. The van der Waals surface area contributed by atoms with Gasteiger partial charge < -0.3 is 5.32 Å². The van der Waals surface area contributed by atoms with Gasteiger partial charge in [0.05, 0.1) is 21.2 Å². The van der Waals surface area contributed by atoms with Crippen molar-refractivity contribution in [2.24, 2.45) is 0 Å². The number of halogens is 4. The zero-order valence-corrected chi connectivity index (χ0v) is 19.7. The van der Waals surface area contributed by atoms with Crippen LogP contribution >= 0.6 is 11.6 Å². The Balaban J connectivity index is 1.98. The number of carbonyl (C=O) groups excluding carboxylic acids is 1. The fraction of sp³-hybridized carbons (Fsp3) is 0.435. The molecule has 2 aromatic rings. The van der Waals surface area contributed by atoms with Crippen molar-refractivity contribution in [1.82, 2.24) is 5.32 Å². The van der Waals surface area contributed by atoms with Crippen molar-refractivity contribution >= 4 is 33.2 Å². The van der Waals surface area contributed by atoms with Crippen molar-refractivity contribution in [3.63, 3.8) is 0 Å². The van der Waals surface area contributed by atoms with E-state index in [0.29, 0.717) is 10.4 Å². The zero-order valence-electron chi connectivity index (χ0n) is 18.2. The molecule has 0 aliphatic heterocycles. The molecule has 2 aromatic carbocycles. The molecular formula is C23H26ClF3N2O3S. The number of alkyl halides is 3. The summed E-state index contributed by atoms with van der Waals surface area (Å²) >= 11 is 5.72. The van der Waals surface area contributed by atoms with Gasteiger partial charge in [0.25, 0.3) is 10.0 Å². The largest absolute Gasteiger partial charge is 0.417 e. The second-order valence-electron chi connectivity index (χ2n) is 8.24. The number of nitrogens with one attached hydrogen (secondary N) is 1. The van der Waals surface area contributed by atoms with Crippen molar-refractivity contribution in [1.29, 1.82) is 0 Å². The first kappa shape index (κ1) is 25.4. The quantitative estimate of drug-likeness (QED) is 0.515. The van der Waals surface area contributed by atoms with Gasteiger partial charge in [-0.3, -0.25) is 9.10 Å². The summed E-state index contributed by atoms with van der Waals surface area (Å²) in [5.41, 5.74) is -0.643. The Morgan fingerprint density at radius 1 is 1.06 bits per heavy atom. The molecular weight excluding hydrogens is 477 g/mol. The molecule has 3 rings (SSSR count). The standard InChI is InChI=1S/C23H26ClF3N2O3S/c1-16-8-11-19(12-9-16)33(31,32)29(15-22(30)28-17-6-4-2-3-5-7-17)18-10-13-21(24)20(14-18)23(25,26)27/h8-14,17H,2-7,15H2,1H3,(H,28,30). The van der Waals surface area contributed by atoms with Crippen LogP contribution in [0.3, 0.4) is 0 Å². The number of carbonyl (C=O) groups is 1.